The molecule has 3 heterocycles. The second-order valence-corrected chi connectivity index (χ2v) is 11.3. The van der Waals surface area contributed by atoms with Crippen molar-refractivity contribution in [1.29, 1.82) is 0 Å². The molecule has 4 aromatic carbocycles. The van der Waals surface area contributed by atoms with E-state index in [0.29, 0.717) is 29.1 Å². The van der Waals surface area contributed by atoms with E-state index >= 15 is 0 Å². The van der Waals surface area contributed by atoms with Crippen LogP contribution in [-0.2, 0) is 9.53 Å². The second kappa shape index (κ2) is 11.7. The molecular weight excluding hydrogens is 515 g/mol. The summed E-state index contributed by atoms with van der Waals surface area (Å²) in [6.07, 6.45) is 1.66. The Balaban J connectivity index is 1.14. The largest absolute Gasteiger partial charge is 0.454 e. The Morgan fingerprint density at radius 3 is 2.02 bits per heavy atom. The topological polar surface area (TPSA) is 55.4 Å². The van der Waals surface area contributed by atoms with Gasteiger partial charge in [-0.15, -0.1) is 0 Å². The number of Topliss-reactive ketones (excluding diaryl/α,β-unsaturated/α-hetero) is 1. The van der Waals surface area contributed by atoms with E-state index in [1.807, 2.05) is 84.9 Å². The number of hydrogen-bond acceptors (Lipinski definition) is 4. The lowest BCUT2D eigenvalue weighted by Gasteiger charge is -2.51. The van der Waals surface area contributed by atoms with E-state index in [4.69, 9.17) is 4.74 Å². The molecule has 0 saturated carbocycles. The first-order valence-corrected chi connectivity index (χ1v) is 14.3. The number of hydrogen-bond donors (Lipinski definition) is 1. The lowest BCUT2D eigenvalue weighted by Crippen LogP contribution is -2.65. The van der Waals surface area contributed by atoms with Gasteiger partial charge in [-0.1, -0.05) is 84.9 Å². The van der Waals surface area contributed by atoms with Crippen molar-refractivity contribution in [3.63, 3.8) is 0 Å². The third kappa shape index (κ3) is 6.08. The number of para-hydroxylation sites is 1. The minimum atomic E-state index is -0.622. The lowest BCUT2D eigenvalue weighted by molar-refractivity contribution is -0.938. The van der Waals surface area contributed by atoms with Crippen LogP contribution in [0.4, 0.5) is 10.1 Å². The average molecular weight is 550 g/mol. The van der Waals surface area contributed by atoms with Gasteiger partial charge in [0.2, 0.25) is 5.78 Å². The zero-order valence-electron chi connectivity index (χ0n) is 22.9. The molecule has 0 aliphatic carbocycles. The predicted molar refractivity (Wildman–Crippen MR) is 158 cm³/mol. The summed E-state index contributed by atoms with van der Waals surface area (Å²) < 4.78 is 20.2. The highest BCUT2D eigenvalue weighted by Crippen LogP contribution is 2.37. The third-order valence-corrected chi connectivity index (χ3v) is 8.63. The van der Waals surface area contributed by atoms with Crippen LogP contribution in [0.3, 0.4) is 0 Å². The van der Waals surface area contributed by atoms with Crippen LogP contribution in [0.1, 0.15) is 34.8 Å². The number of carbonyl (C=O) groups excluding carboxylic acids is 2. The number of quaternary nitrogens is 1. The summed E-state index contributed by atoms with van der Waals surface area (Å²) in [7, 11) is 0. The third-order valence-electron chi connectivity index (χ3n) is 8.63. The summed E-state index contributed by atoms with van der Waals surface area (Å²) >= 11 is 0. The van der Waals surface area contributed by atoms with Crippen molar-refractivity contribution in [3.8, 4) is 11.1 Å². The fourth-order valence-electron chi connectivity index (χ4n) is 6.31. The quantitative estimate of drug-likeness (QED) is 0.144. The van der Waals surface area contributed by atoms with E-state index in [2.05, 4.69) is 5.32 Å². The molecule has 3 fully saturated rings. The van der Waals surface area contributed by atoms with Gasteiger partial charge >= 0.3 is 5.97 Å². The first-order chi connectivity index (χ1) is 20.0. The van der Waals surface area contributed by atoms with Gasteiger partial charge in [0.05, 0.1) is 13.1 Å². The van der Waals surface area contributed by atoms with Crippen LogP contribution >= 0.6 is 0 Å². The molecule has 41 heavy (non-hydrogen) atoms. The highest BCUT2D eigenvalue weighted by molar-refractivity contribution is 5.97. The van der Waals surface area contributed by atoms with Crippen molar-refractivity contribution in [2.75, 3.05) is 31.5 Å². The van der Waals surface area contributed by atoms with Gasteiger partial charge in [-0.25, -0.2) is 9.18 Å². The van der Waals surface area contributed by atoms with E-state index in [9.17, 15) is 14.0 Å². The average Bonchev–Trinajstić information content (AvgIpc) is 3.01. The fourth-order valence-corrected chi connectivity index (χ4v) is 6.31. The molecule has 0 unspecified atom stereocenters. The minimum Gasteiger partial charge on any atom is -0.454 e. The Labute approximate surface area is 240 Å². The first-order valence-electron chi connectivity index (χ1n) is 14.3. The maximum atomic E-state index is 13.6. The van der Waals surface area contributed by atoms with E-state index in [-0.39, 0.29) is 23.7 Å². The molecule has 4 aromatic rings. The molecule has 7 rings (SSSR count). The van der Waals surface area contributed by atoms with Crippen molar-refractivity contribution in [2.24, 2.45) is 5.92 Å². The molecule has 2 atom stereocenters. The van der Waals surface area contributed by atoms with Crippen LogP contribution in [0.15, 0.2) is 109 Å². The van der Waals surface area contributed by atoms with Crippen molar-refractivity contribution in [2.45, 2.75) is 25.0 Å². The summed E-state index contributed by atoms with van der Waals surface area (Å²) in [5.41, 5.74) is 4.22. The smallest absolute Gasteiger partial charge is 0.333 e. The van der Waals surface area contributed by atoms with Crippen molar-refractivity contribution < 1.29 is 23.2 Å². The SMILES string of the molecule is O=C(C[N+]12CCC(CC1)[C@@H](OC(=O)[C@H](Nc1ccccc1)c1ccccc1)C2)c1ccc(-c2ccc(F)cc2)cc1. The van der Waals surface area contributed by atoms with Crippen LogP contribution in [0.2, 0.25) is 0 Å². The Hall–Kier alpha value is -4.29. The van der Waals surface area contributed by atoms with Gasteiger partial charge < -0.3 is 14.5 Å². The van der Waals surface area contributed by atoms with Crippen LogP contribution in [-0.4, -0.2) is 48.5 Å². The van der Waals surface area contributed by atoms with Gasteiger partial charge in [-0.2, -0.15) is 0 Å². The molecule has 5 nitrogen and oxygen atoms in total. The molecule has 3 saturated heterocycles. The predicted octanol–water partition coefficient (Wildman–Crippen LogP) is 6.68. The van der Waals surface area contributed by atoms with Crippen LogP contribution in [0.5, 0.6) is 0 Å². The number of carbonyl (C=O) groups is 2. The number of ketones is 1. The zero-order valence-corrected chi connectivity index (χ0v) is 22.9. The molecule has 0 aromatic heterocycles. The maximum absolute atomic E-state index is 13.6. The zero-order chi connectivity index (χ0) is 28.2. The van der Waals surface area contributed by atoms with E-state index < -0.39 is 6.04 Å². The summed E-state index contributed by atoms with van der Waals surface area (Å²) in [5.74, 6) is -0.155. The second-order valence-electron chi connectivity index (χ2n) is 11.3. The van der Waals surface area contributed by atoms with Gasteiger partial charge in [0, 0.05) is 30.0 Å². The van der Waals surface area contributed by atoms with Gasteiger partial charge in [-0.3, -0.25) is 4.79 Å². The van der Waals surface area contributed by atoms with Gasteiger partial charge in [0.25, 0.3) is 0 Å². The maximum Gasteiger partial charge on any atom is 0.333 e. The molecule has 2 bridgehead atoms. The highest BCUT2D eigenvalue weighted by atomic mass is 19.1. The fraction of sp³-hybridized carbons (Fsp3) is 0.257. The number of fused-ring (bicyclic) bond motifs is 3. The summed E-state index contributed by atoms with van der Waals surface area (Å²) in [6, 6.07) is 32.6. The monoisotopic (exact) mass is 549 g/mol. The summed E-state index contributed by atoms with van der Waals surface area (Å²) in [5, 5.41) is 3.36. The molecule has 3 aliphatic heterocycles. The Morgan fingerprint density at radius 2 is 1.39 bits per heavy atom. The van der Waals surface area contributed by atoms with Gasteiger partial charge in [-0.05, 0) is 41.0 Å². The Morgan fingerprint density at radius 1 is 0.805 bits per heavy atom. The molecule has 0 amide bonds. The van der Waals surface area contributed by atoms with Crippen molar-refractivity contribution in [1.82, 2.24) is 0 Å². The minimum absolute atomic E-state index is 0.0917. The van der Waals surface area contributed by atoms with E-state index in [1.165, 1.54) is 12.1 Å². The number of halogens is 1. The number of esters is 1. The number of piperidine rings is 3. The number of nitrogens with zero attached hydrogens (tertiary/aromatic N) is 1. The number of nitrogens with one attached hydrogen (secondary N) is 1. The molecular formula is C35H34FN2O3+. The van der Waals surface area contributed by atoms with Crippen LogP contribution < -0.4 is 5.32 Å². The number of benzene rings is 4. The Bertz CT molecular complexity index is 1480. The number of anilines is 1. The number of ether oxygens (including phenoxy) is 1. The van der Waals surface area contributed by atoms with Gasteiger partial charge in [0.15, 0.2) is 12.1 Å². The molecule has 3 aliphatic rings. The van der Waals surface area contributed by atoms with E-state index in [0.717, 1.165) is 48.3 Å². The number of rotatable bonds is 9. The first kappa shape index (κ1) is 26.9. The van der Waals surface area contributed by atoms with Crippen LogP contribution in [0, 0.1) is 11.7 Å². The standard InChI is InChI=1S/C35H34FN2O3/c36-30-17-15-26(16-18-30)25-11-13-27(14-12-25)32(39)23-38-21-19-28(20-22-38)33(24-38)41-35(40)34(29-7-3-1-4-8-29)37-31-9-5-2-6-10-31/h1-18,28,33-34,37H,19-24H2/q+1/t28?,33-,34+,38?/m0/s1. The van der Waals surface area contributed by atoms with Crippen molar-refractivity contribution in [3.05, 3.63) is 126 Å². The van der Waals surface area contributed by atoms with Gasteiger partial charge in [0.1, 0.15) is 18.9 Å². The molecule has 0 radical (unpaired) electrons. The normalized spacial score (nSPS) is 22.1. The Kier molecular flexibility index (Phi) is 7.66. The van der Waals surface area contributed by atoms with E-state index in [1.54, 1.807) is 12.1 Å². The summed E-state index contributed by atoms with van der Waals surface area (Å²) in [4.78, 5) is 27.1. The molecule has 6 heteroatoms. The molecule has 208 valence electrons. The summed E-state index contributed by atoms with van der Waals surface area (Å²) in [6.45, 7) is 2.88. The molecule has 1 N–H and O–H groups in total. The van der Waals surface area contributed by atoms with Crippen LogP contribution in [0.25, 0.3) is 11.1 Å². The highest BCUT2D eigenvalue weighted by Gasteiger charge is 2.49. The lowest BCUT2D eigenvalue weighted by atomic mass is 9.82. The van der Waals surface area contributed by atoms with Crippen molar-refractivity contribution >= 4 is 17.4 Å². The molecule has 0 spiro atoms.